The Morgan fingerprint density at radius 3 is 2.79 bits per heavy atom. The molecule has 0 aliphatic carbocycles. The quantitative estimate of drug-likeness (QED) is 0.840. The van der Waals surface area contributed by atoms with Crippen molar-refractivity contribution in [2.75, 3.05) is 18.9 Å². The van der Waals surface area contributed by atoms with Gasteiger partial charge in [0.1, 0.15) is 0 Å². The van der Waals surface area contributed by atoms with Gasteiger partial charge in [0.05, 0.1) is 6.54 Å². The summed E-state index contributed by atoms with van der Waals surface area (Å²) in [7, 11) is 1.72. The number of nitrogens with one attached hydrogen (secondary N) is 2. The maximum absolute atomic E-state index is 11.1. The highest BCUT2D eigenvalue weighted by molar-refractivity contribution is 6.30. The number of carbonyl (C=O) groups is 1. The summed E-state index contributed by atoms with van der Waals surface area (Å²) in [6, 6.07) is 7.04. The van der Waals surface area contributed by atoms with Crippen LogP contribution >= 0.6 is 24.0 Å². The van der Waals surface area contributed by atoms with Gasteiger partial charge in [-0.2, -0.15) is 0 Å². The summed E-state index contributed by atoms with van der Waals surface area (Å²) in [6.07, 6.45) is 0. The molecule has 0 saturated carbocycles. The van der Waals surface area contributed by atoms with Crippen LogP contribution in [0.2, 0.25) is 5.02 Å². The van der Waals surface area contributed by atoms with Crippen molar-refractivity contribution in [2.45, 2.75) is 0 Å². The zero-order valence-corrected chi connectivity index (χ0v) is 9.28. The molecule has 0 heterocycles. The Kier molecular flexibility index (Phi) is 6.28. The van der Waals surface area contributed by atoms with Gasteiger partial charge in [-0.3, -0.25) is 4.79 Å². The molecule has 0 spiro atoms. The van der Waals surface area contributed by atoms with Crippen molar-refractivity contribution >= 4 is 35.6 Å². The van der Waals surface area contributed by atoms with Gasteiger partial charge in [-0.05, 0) is 25.2 Å². The molecular formula is C9H12Cl2N2O. The van der Waals surface area contributed by atoms with E-state index in [9.17, 15) is 4.79 Å². The molecule has 0 aliphatic heterocycles. The second kappa shape index (κ2) is 6.65. The summed E-state index contributed by atoms with van der Waals surface area (Å²) in [6.45, 7) is 0.298. The van der Waals surface area contributed by atoms with Gasteiger partial charge in [0, 0.05) is 10.7 Å². The molecule has 0 unspecified atom stereocenters. The van der Waals surface area contributed by atoms with Crippen molar-refractivity contribution in [3.8, 4) is 0 Å². The van der Waals surface area contributed by atoms with Crippen molar-refractivity contribution in [1.82, 2.24) is 5.32 Å². The summed E-state index contributed by atoms with van der Waals surface area (Å²) < 4.78 is 0. The molecule has 3 nitrogen and oxygen atoms in total. The van der Waals surface area contributed by atoms with Crippen LogP contribution in [0.4, 0.5) is 5.69 Å². The molecule has 0 aromatic heterocycles. The average molecular weight is 235 g/mol. The van der Waals surface area contributed by atoms with Gasteiger partial charge in [-0.15, -0.1) is 12.4 Å². The van der Waals surface area contributed by atoms with Gasteiger partial charge in [-0.25, -0.2) is 0 Å². The third kappa shape index (κ3) is 4.46. The van der Waals surface area contributed by atoms with Crippen molar-refractivity contribution in [3.63, 3.8) is 0 Å². The Labute approximate surface area is 94.2 Å². The summed E-state index contributed by atoms with van der Waals surface area (Å²) in [4.78, 5) is 11.1. The first-order valence-electron chi connectivity index (χ1n) is 3.92. The topological polar surface area (TPSA) is 41.1 Å². The predicted octanol–water partition coefficient (Wildman–Crippen LogP) is 1.92. The first kappa shape index (κ1) is 13.2. The molecule has 0 radical (unpaired) electrons. The summed E-state index contributed by atoms with van der Waals surface area (Å²) >= 11 is 5.74. The number of hydrogen-bond acceptors (Lipinski definition) is 2. The van der Waals surface area contributed by atoms with Crippen LogP contribution in [0.3, 0.4) is 0 Å². The zero-order chi connectivity index (χ0) is 9.68. The molecule has 1 rings (SSSR count). The number of halogens is 2. The molecule has 0 atom stereocenters. The summed E-state index contributed by atoms with van der Waals surface area (Å²) in [5.74, 6) is -0.0789. The lowest BCUT2D eigenvalue weighted by Crippen LogP contribution is -2.24. The zero-order valence-electron chi connectivity index (χ0n) is 7.71. The maximum Gasteiger partial charge on any atom is 0.238 e. The maximum atomic E-state index is 11.1. The van der Waals surface area contributed by atoms with E-state index in [1.54, 1.807) is 31.3 Å². The highest BCUT2D eigenvalue weighted by Gasteiger charge is 1.99. The van der Waals surface area contributed by atoms with E-state index in [1.807, 2.05) is 0 Å². The number of hydrogen-bond donors (Lipinski definition) is 2. The van der Waals surface area contributed by atoms with E-state index >= 15 is 0 Å². The van der Waals surface area contributed by atoms with Crippen LogP contribution in [0.1, 0.15) is 0 Å². The van der Waals surface area contributed by atoms with E-state index in [4.69, 9.17) is 11.6 Å². The summed E-state index contributed by atoms with van der Waals surface area (Å²) in [5, 5.41) is 6.07. The van der Waals surface area contributed by atoms with E-state index in [-0.39, 0.29) is 18.3 Å². The molecule has 0 aliphatic rings. The molecular weight excluding hydrogens is 223 g/mol. The van der Waals surface area contributed by atoms with Crippen molar-refractivity contribution in [2.24, 2.45) is 0 Å². The molecule has 0 fully saturated rings. The fourth-order valence-electron chi connectivity index (χ4n) is 0.932. The van der Waals surface area contributed by atoms with Crippen LogP contribution in [0.15, 0.2) is 24.3 Å². The van der Waals surface area contributed by atoms with E-state index in [1.165, 1.54) is 0 Å². The molecule has 2 N–H and O–H groups in total. The van der Waals surface area contributed by atoms with Crippen LogP contribution in [-0.4, -0.2) is 19.5 Å². The first-order valence-corrected chi connectivity index (χ1v) is 4.30. The number of likely N-dealkylation sites (N-methyl/N-ethyl adjacent to an activating group) is 1. The fraction of sp³-hybridized carbons (Fsp3) is 0.222. The van der Waals surface area contributed by atoms with Gasteiger partial charge < -0.3 is 10.6 Å². The smallest absolute Gasteiger partial charge is 0.238 e. The number of anilines is 1. The van der Waals surface area contributed by atoms with Crippen molar-refractivity contribution in [3.05, 3.63) is 29.3 Å². The highest BCUT2D eigenvalue weighted by Crippen LogP contribution is 2.14. The minimum atomic E-state index is -0.0789. The predicted molar refractivity (Wildman–Crippen MR) is 61.3 cm³/mol. The number of carbonyl (C=O) groups excluding carboxylic acids is 1. The lowest BCUT2D eigenvalue weighted by Gasteiger charge is -2.04. The molecule has 1 aromatic rings. The molecule has 0 bridgehead atoms. The van der Waals surface area contributed by atoms with E-state index in [2.05, 4.69) is 10.6 Å². The Morgan fingerprint density at radius 2 is 2.21 bits per heavy atom. The first-order chi connectivity index (χ1) is 6.22. The Balaban J connectivity index is 0.00000169. The molecule has 1 amide bonds. The summed E-state index contributed by atoms with van der Waals surface area (Å²) in [5.41, 5.74) is 0.716. The van der Waals surface area contributed by atoms with Crippen molar-refractivity contribution in [1.29, 1.82) is 0 Å². The van der Waals surface area contributed by atoms with Crippen LogP contribution in [0.5, 0.6) is 0 Å². The van der Waals surface area contributed by atoms with Crippen LogP contribution in [-0.2, 0) is 4.79 Å². The SMILES string of the molecule is CNCC(=O)Nc1cccc(Cl)c1.Cl. The number of benzene rings is 1. The van der Waals surface area contributed by atoms with Crippen molar-refractivity contribution < 1.29 is 4.79 Å². The second-order valence-corrected chi connectivity index (χ2v) is 3.03. The monoisotopic (exact) mass is 234 g/mol. The highest BCUT2D eigenvalue weighted by atomic mass is 35.5. The van der Waals surface area contributed by atoms with Gasteiger partial charge in [0.2, 0.25) is 5.91 Å². The molecule has 1 aromatic carbocycles. The largest absolute Gasteiger partial charge is 0.325 e. The lowest BCUT2D eigenvalue weighted by atomic mass is 10.3. The van der Waals surface area contributed by atoms with Gasteiger partial charge in [0.15, 0.2) is 0 Å². The number of rotatable bonds is 3. The van der Waals surface area contributed by atoms with Gasteiger partial charge in [-0.1, -0.05) is 17.7 Å². The Bertz CT molecular complexity index is 305. The minimum Gasteiger partial charge on any atom is -0.325 e. The van der Waals surface area contributed by atoms with Crippen LogP contribution < -0.4 is 10.6 Å². The van der Waals surface area contributed by atoms with E-state index in [0.717, 1.165) is 0 Å². The standard InChI is InChI=1S/C9H11ClN2O.ClH/c1-11-6-9(13)12-8-4-2-3-7(10)5-8;/h2-5,11H,6H2,1H3,(H,12,13);1H. The molecule has 14 heavy (non-hydrogen) atoms. The van der Waals surface area contributed by atoms with Crippen LogP contribution in [0.25, 0.3) is 0 Å². The van der Waals surface area contributed by atoms with E-state index in [0.29, 0.717) is 17.3 Å². The number of amides is 1. The molecule has 0 saturated heterocycles. The third-order valence-electron chi connectivity index (χ3n) is 1.45. The van der Waals surface area contributed by atoms with Gasteiger partial charge in [0.25, 0.3) is 0 Å². The molecule has 5 heteroatoms. The minimum absolute atomic E-state index is 0. The lowest BCUT2D eigenvalue weighted by molar-refractivity contribution is -0.115. The average Bonchev–Trinajstić information content (AvgIpc) is 2.04. The normalized spacial score (nSPS) is 9.00. The fourth-order valence-corrected chi connectivity index (χ4v) is 1.12. The second-order valence-electron chi connectivity index (χ2n) is 2.59. The van der Waals surface area contributed by atoms with E-state index < -0.39 is 0 Å². The Hall–Kier alpha value is -0.770. The Morgan fingerprint density at radius 1 is 1.50 bits per heavy atom. The van der Waals surface area contributed by atoms with Gasteiger partial charge >= 0.3 is 0 Å². The van der Waals surface area contributed by atoms with Crippen LogP contribution in [0, 0.1) is 0 Å². The third-order valence-corrected chi connectivity index (χ3v) is 1.68. The molecule has 78 valence electrons.